The maximum absolute atomic E-state index is 12.1. The van der Waals surface area contributed by atoms with Crippen molar-refractivity contribution in [2.24, 2.45) is 0 Å². The Morgan fingerprint density at radius 1 is 1.17 bits per heavy atom. The third-order valence-electron chi connectivity index (χ3n) is 3.04. The normalized spacial score (nSPS) is 10.2. The second-order valence-electron chi connectivity index (χ2n) is 4.67. The van der Waals surface area contributed by atoms with E-state index in [1.807, 2.05) is 0 Å². The van der Waals surface area contributed by atoms with Gasteiger partial charge in [0.2, 0.25) is 0 Å². The fraction of sp³-hybridized carbons (Fsp3) is 0.250. The molecule has 0 bridgehead atoms. The number of furan rings is 1. The van der Waals surface area contributed by atoms with Crippen LogP contribution in [0.1, 0.15) is 20.9 Å². The third kappa shape index (κ3) is 4.26. The number of hydrogen-bond acceptors (Lipinski definition) is 6. The van der Waals surface area contributed by atoms with E-state index in [4.69, 9.17) is 23.7 Å². The summed E-state index contributed by atoms with van der Waals surface area (Å²) in [5, 5.41) is 11.4. The molecule has 0 aliphatic carbocycles. The van der Waals surface area contributed by atoms with Crippen molar-refractivity contribution >= 4 is 17.6 Å². The molecule has 8 heteroatoms. The Morgan fingerprint density at radius 2 is 1.96 bits per heavy atom. The molecule has 24 heavy (non-hydrogen) atoms. The van der Waals surface area contributed by atoms with Crippen molar-refractivity contribution in [1.29, 1.82) is 0 Å². The molecular weight excluding hydrogens is 318 g/mol. The fourth-order valence-corrected chi connectivity index (χ4v) is 1.86. The van der Waals surface area contributed by atoms with Gasteiger partial charge in [0.25, 0.3) is 5.91 Å². The van der Waals surface area contributed by atoms with Gasteiger partial charge in [-0.1, -0.05) is 0 Å². The van der Waals surface area contributed by atoms with Crippen molar-refractivity contribution in [3.05, 3.63) is 41.9 Å². The molecule has 0 spiro atoms. The molecule has 0 aliphatic heterocycles. The van der Waals surface area contributed by atoms with Crippen LogP contribution >= 0.6 is 0 Å². The van der Waals surface area contributed by atoms with Crippen LogP contribution in [0, 0.1) is 0 Å². The van der Waals surface area contributed by atoms with E-state index in [9.17, 15) is 9.59 Å². The largest absolute Gasteiger partial charge is 0.493 e. The molecule has 0 unspecified atom stereocenters. The second-order valence-corrected chi connectivity index (χ2v) is 4.67. The van der Waals surface area contributed by atoms with Gasteiger partial charge in [0.1, 0.15) is 12.9 Å². The van der Waals surface area contributed by atoms with Gasteiger partial charge in [0.15, 0.2) is 17.3 Å². The highest BCUT2D eigenvalue weighted by atomic mass is 16.5. The van der Waals surface area contributed by atoms with E-state index in [1.54, 1.807) is 25.3 Å². The number of anilines is 1. The van der Waals surface area contributed by atoms with Crippen molar-refractivity contribution in [3.8, 4) is 11.5 Å². The number of ether oxygens (including phenoxy) is 3. The highest BCUT2D eigenvalue weighted by molar-refractivity contribution is 6.03. The minimum atomic E-state index is -1.17. The number of nitrogens with one attached hydrogen (secondary N) is 1. The topological polar surface area (TPSA) is 107 Å². The van der Waals surface area contributed by atoms with Crippen LogP contribution in [0.25, 0.3) is 0 Å². The standard InChI is InChI=1S/C16H17NO7/c1-21-5-6-23-13-8-11(3-4-12(13)22-2)17-15(18)14-7-10(9-24-14)16(19)20/h3-4,7-9H,5-6H2,1-2H3,(H,17,18)(H,19,20). The number of carboxylic acids is 1. The Morgan fingerprint density at radius 3 is 2.58 bits per heavy atom. The first-order valence-electron chi connectivity index (χ1n) is 6.98. The lowest BCUT2D eigenvalue weighted by molar-refractivity contribution is 0.0696. The van der Waals surface area contributed by atoms with Crippen LogP contribution in [0.3, 0.4) is 0 Å². The minimum absolute atomic E-state index is 0.0986. The first-order chi connectivity index (χ1) is 11.5. The molecule has 128 valence electrons. The Bertz CT molecular complexity index is 723. The van der Waals surface area contributed by atoms with Gasteiger partial charge in [0, 0.05) is 24.9 Å². The number of benzene rings is 1. The second kappa shape index (κ2) is 8.02. The van der Waals surface area contributed by atoms with Gasteiger partial charge in [-0.15, -0.1) is 0 Å². The van der Waals surface area contributed by atoms with E-state index < -0.39 is 11.9 Å². The van der Waals surface area contributed by atoms with Gasteiger partial charge in [-0.3, -0.25) is 4.79 Å². The molecule has 2 rings (SSSR count). The molecule has 0 atom stereocenters. The summed E-state index contributed by atoms with van der Waals surface area (Å²) in [5.74, 6) is -0.898. The highest BCUT2D eigenvalue weighted by Gasteiger charge is 2.15. The summed E-state index contributed by atoms with van der Waals surface area (Å²) in [4.78, 5) is 22.9. The number of carbonyl (C=O) groups is 2. The van der Waals surface area contributed by atoms with E-state index in [1.165, 1.54) is 7.11 Å². The number of hydrogen-bond donors (Lipinski definition) is 2. The fourth-order valence-electron chi connectivity index (χ4n) is 1.86. The SMILES string of the molecule is COCCOc1cc(NC(=O)c2cc(C(=O)O)co2)ccc1OC. The van der Waals surface area contributed by atoms with Gasteiger partial charge in [-0.05, 0) is 12.1 Å². The zero-order chi connectivity index (χ0) is 17.5. The number of rotatable bonds is 8. The summed E-state index contributed by atoms with van der Waals surface area (Å²) >= 11 is 0. The lowest BCUT2D eigenvalue weighted by Gasteiger charge is -2.12. The zero-order valence-electron chi connectivity index (χ0n) is 13.2. The van der Waals surface area contributed by atoms with Crippen molar-refractivity contribution < 1.29 is 33.3 Å². The Labute approximate surface area is 137 Å². The number of amides is 1. The van der Waals surface area contributed by atoms with E-state index >= 15 is 0 Å². The maximum atomic E-state index is 12.1. The average molecular weight is 335 g/mol. The number of aromatic carboxylic acids is 1. The highest BCUT2D eigenvalue weighted by Crippen LogP contribution is 2.30. The molecular formula is C16H17NO7. The van der Waals surface area contributed by atoms with Crippen LogP contribution < -0.4 is 14.8 Å². The predicted octanol–water partition coefficient (Wildman–Crippen LogP) is 2.26. The van der Waals surface area contributed by atoms with Crippen LogP contribution in [-0.4, -0.2) is 44.4 Å². The maximum Gasteiger partial charge on any atom is 0.338 e. The van der Waals surface area contributed by atoms with E-state index in [0.29, 0.717) is 30.4 Å². The smallest absolute Gasteiger partial charge is 0.338 e. The van der Waals surface area contributed by atoms with Crippen LogP contribution in [0.5, 0.6) is 11.5 Å². The molecule has 1 aromatic heterocycles. The quantitative estimate of drug-likeness (QED) is 0.712. The number of methoxy groups -OCH3 is 2. The monoisotopic (exact) mass is 335 g/mol. The Hall–Kier alpha value is -3.00. The number of carbonyl (C=O) groups excluding carboxylic acids is 1. The summed E-state index contributed by atoms with van der Waals surface area (Å²) < 4.78 is 20.6. The number of carboxylic acid groups (broad SMARTS) is 1. The van der Waals surface area contributed by atoms with Crippen LogP contribution in [0.2, 0.25) is 0 Å². The minimum Gasteiger partial charge on any atom is -0.493 e. The molecule has 2 aromatic rings. The summed E-state index contributed by atoms with van der Waals surface area (Å²) in [6, 6.07) is 6.01. The van der Waals surface area contributed by atoms with Crippen molar-refractivity contribution in [3.63, 3.8) is 0 Å². The molecule has 2 N–H and O–H groups in total. The Balaban J connectivity index is 2.11. The molecule has 0 radical (unpaired) electrons. The average Bonchev–Trinajstić information content (AvgIpc) is 3.06. The van der Waals surface area contributed by atoms with Gasteiger partial charge in [-0.25, -0.2) is 4.79 Å². The van der Waals surface area contributed by atoms with Crippen LogP contribution in [0.15, 0.2) is 34.9 Å². The van der Waals surface area contributed by atoms with E-state index in [0.717, 1.165) is 12.3 Å². The summed E-state index contributed by atoms with van der Waals surface area (Å²) in [7, 11) is 3.07. The molecule has 0 saturated carbocycles. The molecule has 1 aromatic carbocycles. The van der Waals surface area contributed by atoms with Gasteiger partial charge >= 0.3 is 5.97 Å². The van der Waals surface area contributed by atoms with Crippen LogP contribution in [0.4, 0.5) is 5.69 Å². The lowest BCUT2D eigenvalue weighted by Crippen LogP contribution is -2.11. The van der Waals surface area contributed by atoms with Gasteiger partial charge in [0.05, 0.1) is 19.3 Å². The Kier molecular flexibility index (Phi) is 5.80. The first-order valence-corrected chi connectivity index (χ1v) is 6.98. The summed E-state index contributed by atoms with van der Waals surface area (Å²) in [6.07, 6.45) is 1.00. The summed E-state index contributed by atoms with van der Waals surface area (Å²) in [6.45, 7) is 0.731. The lowest BCUT2D eigenvalue weighted by atomic mass is 10.2. The van der Waals surface area contributed by atoms with E-state index in [-0.39, 0.29) is 11.3 Å². The molecule has 1 amide bonds. The predicted molar refractivity (Wildman–Crippen MR) is 84.0 cm³/mol. The molecule has 8 nitrogen and oxygen atoms in total. The molecule has 0 fully saturated rings. The van der Waals surface area contributed by atoms with Crippen molar-refractivity contribution in [2.75, 3.05) is 32.8 Å². The third-order valence-corrected chi connectivity index (χ3v) is 3.04. The van der Waals surface area contributed by atoms with E-state index in [2.05, 4.69) is 5.32 Å². The van der Waals surface area contributed by atoms with Gasteiger partial charge in [-0.2, -0.15) is 0 Å². The molecule has 0 aliphatic rings. The molecule has 1 heterocycles. The zero-order valence-corrected chi connectivity index (χ0v) is 13.2. The summed E-state index contributed by atoms with van der Waals surface area (Å²) in [5.41, 5.74) is 0.347. The van der Waals surface area contributed by atoms with Gasteiger partial charge < -0.3 is 29.1 Å². The van der Waals surface area contributed by atoms with Crippen LogP contribution in [-0.2, 0) is 4.74 Å². The first kappa shape index (κ1) is 17.4. The van der Waals surface area contributed by atoms with Crippen molar-refractivity contribution in [1.82, 2.24) is 0 Å². The molecule has 0 saturated heterocycles. The van der Waals surface area contributed by atoms with Crippen molar-refractivity contribution in [2.45, 2.75) is 0 Å².